The molecule has 20 heavy (non-hydrogen) atoms. The molecule has 0 aliphatic heterocycles. The van der Waals surface area contributed by atoms with Gasteiger partial charge in [0, 0.05) is 14.1 Å². The number of rotatable bonds is 4. The van der Waals surface area contributed by atoms with E-state index in [9.17, 15) is 13.2 Å². The highest BCUT2D eigenvalue weighted by Crippen LogP contribution is 2.29. The summed E-state index contributed by atoms with van der Waals surface area (Å²) in [5.74, 6) is -0.133. The number of benzene rings is 1. The van der Waals surface area contributed by atoms with Gasteiger partial charge in [-0.1, -0.05) is 6.07 Å². The summed E-state index contributed by atoms with van der Waals surface area (Å²) in [4.78, 5) is 13.1. The van der Waals surface area contributed by atoms with Gasteiger partial charge in [0.05, 0.1) is 0 Å². The van der Waals surface area contributed by atoms with Gasteiger partial charge in [-0.15, -0.1) is 0 Å². The topological polar surface area (TPSA) is 89.7 Å². The molecule has 1 amide bonds. The first-order valence-corrected chi connectivity index (χ1v) is 7.60. The zero-order chi connectivity index (χ0) is 15.7. The summed E-state index contributed by atoms with van der Waals surface area (Å²) in [7, 11) is -0.716. The summed E-state index contributed by atoms with van der Waals surface area (Å²) in [5.41, 5.74) is 1.37. The van der Waals surface area contributed by atoms with Crippen molar-refractivity contribution in [3.63, 3.8) is 0 Å². The first-order valence-electron chi connectivity index (χ1n) is 6.06. The lowest BCUT2D eigenvalue weighted by Gasteiger charge is -2.21. The van der Waals surface area contributed by atoms with Crippen molar-refractivity contribution in [2.45, 2.75) is 31.8 Å². The number of aryl methyl sites for hydroxylation is 2. The molecule has 1 aromatic rings. The van der Waals surface area contributed by atoms with Crippen LogP contribution in [0.5, 0.6) is 5.75 Å². The monoisotopic (exact) mass is 300 g/mol. The lowest BCUT2D eigenvalue weighted by Crippen LogP contribution is -2.35. The molecule has 0 aliphatic rings. The fraction of sp³-hybridized carbons (Fsp3) is 0.462. The lowest BCUT2D eigenvalue weighted by atomic mass is 10.1. The maximum absolute atomic E-state index is 11.8. The Hall–Kier alpha value is -1.60. The molecule has 1 atom stereocenters. The minimum absolute atomic E-state index is 0.103. The summed E-state index contributed by atoms with van der Waals surface area (Å²) in [6.07, 6.45) is -0.799. The molecule has 0 aliphatic carbocycles. The van der Waals surface area contributed by atoms with Crippen molar-refractivity contribution in [1.82, 2.24) is 4.90 Å². The number of primary sulfonamides is 1. The number of carbonyl (C=O) groups is 1. The summed E-state index contributed by atoms with van der Waals surface area (Å²) in [6, 6.07) is 3.21. The van der Waals surface area contributed by atoms with Crippen molar-refractivity contribution in [3.8, 4) is 5.75 Å². The zero-order valence-electron chi connectivity index (χ0n) is 12.3. The molecule has 6 nitrogen and oxygen atoms in total. The molecular formula is C13H20N2O4S. The molecule has 0 radical (unpaired) electrons. The van der Waals surface area contributed by atoms with Crippen molar-refractivity contribution in [2.24, 2.45) is 5.14 Å². The Morgan fingerprint density at radius 1 is 1.30 bits per heavy atom. The molecule has 1 rings (SSSR count). The maximum atomic E-state index is 11.8. The zero-order valence-corrected chi connectivity index (χ0v) is 13.1. The van der Waals surface area contributed by atoms with E-state index in [4.69, 9.17) is 9.88 Å². The van der Waals surface area contributed by atoms with Crippen LogP contribution in [0, 0.1) is 13.8 Å². The first kappa shape index (κ1) is 16.5. The predicted octanol–water partition coefficient (Wildman–Crippen LogP) is 0.806. The number of nitrogens with two attached hydrogens (primary N) is 1. The van der Waals surface area contributed by atoms with Crippen molar-refractivity contribution >= 4 is 15.9 Å². The van der Waals surface area contributed by atoms with Crippen LogP contribution in [0.3, 0.4) is 0 Å². The molecule has 1 unspecified atom stereocenters. The first-order chi connectivity index (χ1) is 9.04. The second kappa shape index (κ2) is 5.80. The highest BCUT2D eigenvalue weighted by atomic mass is 32.2. The lowest BCUT2D eigenvalue weighted by molar-refractivity contribution is -0.135. The summed E-state index contributed by atoms with van der Waals surface area (Å²) >= 11 is 0. The Labute approximate surface area is 119 Å². The number of hydrogen-bond acceptors (Lipinski definition) is 4. The highest BCUT2D eigenvalue weighted by Gasteiger charge is 2.23. The molecule has 112 valence electrons. The Kier molecular flexibility index (Phi) is 4.77. The van der Waals surface area contributed by atoms with Crippen LogP contribution in [0.15, 0.2) is 17.0 Å². The average molecular weight is 300 g/mol. The van der Waals surface area contributed by atoms with Crippen LogP contribution in [0.2, 0.25) is 0 Å². The highest BCUT2D eigenvalue weighted by molar-refractivity contribution is 7.89. The van der Waals surface area contributed by atoms with Gasteiger partial charge in [0.2, 0.25) is 10.0 Å². The fourth-order valence-corrected chi connectivity index (χ4v) is 2.69. The SMILES string of the molecule is Cc1cc(C)c(OC(C)C(=O)N(C)C)c(S(N)(=O)=O)c1. The molecule has 0 saturated heterocycles. The van der Waals surface area contributed by atoms with E-state index in [1.165, 1.54) is 11.0 Å². The molecule has 7 heteroatoms. The molecule has 0 spiro atoms. The third-order valence-corrected chi connectivity index (χ3v) is 3.69. The van der Waals surface area contributed by atoms with Crippen molar-refractivity contribution in [2.75, 3.05) is 14.1 Å². The predicted molar refractivity (Wildman–Crippen MR) is 76.1 cm³/mol. The number of sulfonamides is 1. The molecule has 0 bridgehead atoms. The van der Waals surface area contributed by atoms with E-state index >= 15 is 0 Å². The third-order valence-electron chi connectivity index (χ3n) is 2.77. The van der Waals surface area contributed by atoms with E-state index in [1.807, 2.05) is 0 Å². The standard InChI is InChI=1S/C13H20N2O4S/c1-8-6-9(2)12(11(7-8)20(14,17)18)19-10(3)13(16)15(4)5/h6-7,10H,1-5H3,(H2,14,17,18). The van der Waals surface area contributed by atoms with E-state index in [0.29, 0.717) is 5.56 Å². The maximum Gasteiger partial charge on any atom is 0.262 e. The Balaban J connectivity index is 3.28. The Morgan fingerprint density at radius 2 is 1.85 bits per heavy atom. The van der Waals surface area contributed by atoms with Gasteiger partial charge >= 0.3 is 0 Å². The van der Waals surface area contributed by atoms with E-state index in [2.05, 4.69) is 0 Å². The van der Waals surface area contributed by atoms with Gasteiger partial charge < -0.3 is 9.64 Å². The van der Waals surface area contributed by atoms with Crippen LogP contribution < -0.4 is 9.88 Å². The van der Waals surface area contributed by atoms with Crippen LogP contribution >= 0.6 is 0 Å². The minimum Gasteiger partial charge on any atom is -0.479 e. The van der Waals surface area contributed by atoms with E-state index < -0.39 is 16.1 Å². The summed E-state index contributed by atoms with van der Waals surface area (Å²) in [6.45, 7) is 5.04. The second-order valence-electron chi connectivity index (χ2n) is 4.95. The van der Waals surface area contributed by atoms with Crippen LogP contribution in [0.25, 0.3) is 0 Å². The normalized spacial score (nSPS) is 12.9. The number of carbonyl (C=O) groups excluding carboxylic acids is 1. The molecule has 0 saturated carbocycles. The number of amides is 1. The molecule has 0 aromatic heterocycles. The van der Waals surface area contributed by atoms with Crippen LogP contribution in [0.4, 0.5) is 0 Å². The molecule has 1 aromatic carbocycles. The van der Waals surface area contributed by atoms with Gasteiger partial charge in [-0.25, -0.2) is 13.6 Å². The molecular weight excluding hydrogens is 280 g/mol. The summed E-state index contributed by atoms with van der Waals surface area (Å²) < 4.78 is 28.8. The molecule has 0 fully saturated rings. The number of hydrogen-bond donors (Lipinski definition) is 1. The van der Waals surface area contributed by atoms with Crippen LogP contribution in [-0.4, -0.2) is 39.4 Å². The van der Waals surface area contributed by atoms with Crippen molar-refractivity contribution < 1.29 is 17.9 Å². The number of ether oxygens (including phenoxy) is 1. The van der Waals surface area contributed by atoms with Crippen LogP contribution in [0.1, 0.15) is 18.1 Å². The van der Waals surface area contributed by atoms with Gasteiger partial charge in [-0.05, 0) is 38.0 Å². The Morgan fingerprint density at radius 3 is 2.30 bits per heavy atom. The summed E-state index contributed by atoms with van der Waals surface area (Å²) in [5, 5.41) is 5.20. The quantitative estimate of drug-likeness (QED) is 0.891. The minimum atomic E-state index is -3.92. The second-order valence-corrected chi connectivity index (χ2v) is 6.48. The average Bonchev–Trinajstić information content (AvgIpc) is 2.29. The van der Waals surface area contributed by atoms with E-state index in [1.54, 1.807) is 40.9 Å². The van der Waals surface area contributed by atoms with E-state index in [-0.39, 0.29) is 16.6 Å². The number of nitrogens with zero attached hydrogens (tertiary/aromatic N) is 1. The van der Waals surface area contributed by atoms with E-state index in [0.717, 1.165) is 5.56 Å². The fourth-order valence-electron chi connectivity index (χ4n) is 1.87. The van der Waals surface area contributed by atoms with Crippen molar-refractivity contribution in [1.29, 1.82) is 0 Å². The smallest absolute Gasteiger partial charge is 0.262 e. The molecule has 0 heterocycles. The van der Waals surface area contributed by atoms with Crippen molar-refractivity contribution in [3.05, 3.63) is 23.3 Å². The van der Waals surface area contributed by atoms with Gasteiger partial charge in [-0.3, -0.25) is 4.79 Å². The van der Waals surface area contributed by atoms with Crippen LogP contribution in [-0.2, 0) is 14.8 Å². The van der Waals surface area contributed by atoms with Gasteiger partial charge in [0.25, 0.3) is 5.91 Å². The number of likely N-dealkylation sites (N-methyl/N-ethyl adjacent to an activating group) is 1. The van der Waals surface area contributed by atoms with Gasteiger partial charge in [0.15, 0.2) is 6.10 Å². The van der Waals surface area contributed by atoms with Gasteiger partial charge in [0.1, 0.15) is 10.6 Å². The largest absolute Gasteiger partial charge is 0.479 e. The third kappa shape index (κ3) is 3.71. The van der Waals surface area contributed by atoms with Gasteiger partial charge in [-0.2, -0.15) is 0 Å². The Bertz CT molecular complexity index is 624. The molecule has 2 N–H and O–H groups in total.